The Labute approximate surface area is 127 Å². The minimum Gasteiger partial charge on any atom is -0.392 e. The molecule has 1 unspecified atom stereocenters. The Kier molecular flexibility index (Phi) is 5.78. The van der Waals surface area contributed by atoms with E-state index in [1.165, 1.54) is 19.3 Å². The van der Waals surface area contributed by atoms with Crippen LogP contribution in [-0.4, -0.2) is 32.9 Å². The Morgan fingerprint density at radius 3 is 2.81 bits per heavy atom. The van der Waals surface area contributed by atoms with Crippen molar-refractivity contribution in [3.8, 4) is 5.88 Å². The van der Waals surface area contributed by atoms with E-state index in [4.69, 9.17) is 4.74 Å². The second kappa shape index (κ2) is 7.59. The Morgan fingerprint density at radius 2 is 2.19 bits per heavy atom. The average Bonchev–Trinajstić information content (AvgIpc) is 2.81. The summed E-state index contributed by atoms with van der Waals surface area (Å²) in [4.78, 5) is 11.6. The second-order valence-corrected chi connectivity index (χ2v) is 6.78. The molecule has 0 aromatic carbocycles. The summed E-state index contributed by atoms with van der Waals surface area (Å²) >= 11 is 0. The topological polar surface area (TPSA) is 73.2 Å². The number of hydrogen-bond donors (Lipinski definition) is 1. The van der Waals surface area contributed by atoms with E-state index in [9.17, 15) is 9.00 Å². The van der Waals surface area contributed by atoms with Gasteiger partial charge in [0.05, 0.1) is 17.5 Å². The van der Waals surface area contributed by atoms with E-state index in [1.807, 2.05) is 6.92 Å². The van der Waals surface area contributed by atoms with Crippen molar-refractivity contribution in [1.29, 1.82) is 0 Å². The number of hydrogen-bond acceptors (Lipinski definition) is 4. The highest BCUT2D eigenvalue weighted by molar-refractivity contribution is 7.83. The van der Waals surface area contributed by atoms with Crippen LogP contribution in [-0.2, 0) is 16.6 Å². The van der Waals surface area contributed by atoms with E-state index in [1.54, 1.807) is 17.0 Å². The summed E-state index contributed by atoms with van der Waals surface area (Å²) in [5.74, 6) is 0.833. The molecule has 1 aliphatic rings. The van der Waals surface area contributed by atoms with Crippen LogP contribution >= 0.6 is 0 Å². The SMILES string of the molecule is CCNC(=O)Oc1cc(CS(C)=O)nn1C1CCCCC1. The Bertz CT molecular complexity index is 510. The molecule has 1 fully saturated rings. The predicted octanol–water partition coefficient (Wildman–Crippen LogP) is 2.38. The minimum absolute atomic E-state index is 0.266. The summed E-state index contributed by atoms with van der Waals surface area (Å²) in [6.45, 7) is 2.35. The number of ether oxygens (including phenoxy) is 1. The fourth-order valence-electron chi connectivity index (χ4n) is 2.64. The Balaban J connectivity index is 2.19. The van der Waals surface area contributed by atoms with Crippen molar-refractivity contribution in [2.24, 2.45) is 0 Å². The van der Waals surface area contributed by atoms with Gasteiger partial charge in [-0.05, 0) is 19.8 Å². The van der Waals surface area contributed by atoms with Crippen LogP contribution in [0.2, 0.25) is 0 Å². The fraction of sp³-hybridized carbons (Fsp3) is 0.714. The first-order valence-electron chi connectivity index (χ1n) is 7.44. The third-order valence-electron chi connectivity index (χ3n) is 3.54. The molecule has 1 amide bonds. The van der Waals surface area contributed by atoms with Crippen LogP contribution in [0.25, 0.3) is 0 Å². The highest BCUT2D eigenvalue weighted by atomic mass is 32.2. The van der Waals surface area contributed by atoms with Gasteiger partial charge in [-0.2, -0.15) is 5.10 Å². The Hall–Kier alpha value is -1.37. The van der Waals surface area contributed by atoms with Crippen molar-refractivity contribution in [3.05, 3.63) is 11.8 Å². The van der Waals surface area contributed by atoms with Crippen LogP contribution in [0.15, 0.2) is 6.07 Å². The molecule has 0 saturated heterocycles. The highest BCUT2D eigenvalue weighted by Gasteiger charge is 2.22. The number of amides is 1. The smallest absolute Gasteiger partial charge is 0.392 e. The van der Waals surface area contributed by atoms with Crippen LogP contribution < -0.4 is 10.1 Å². The zero-order valence-electron chi connectivity index (χ0n) is 12.6. The van der Waals surface area contributed by atoms with E-state index in [-0.39, 0.29) is 6.04 Å². The number of nitrogens with one attached hydrogen (secondary N) is 1. The molecule has 0 aliphatic heterocycles. The van der Waals surface area contributed by atoms with E-state index in [2.05, 4.69) is 10.4 Å². The van der Waals surface area contributed by atoms with Crippen molar-refractivity contribution in [1.82, 2.24) is 15.1 Å². The molecule has 1 aliphatic carbocycles. The molecular formula is C14H23N3O3S. The summed E-state index contributed by atoms with van der Waals surface area (Å²) in [7, 11) is -0.964. The minimum atomic E-state index is -0.964. The number of nitrogens with zero attached hydrogens (tertiary/aromatic N) is 2. The van der Waals surface area contributed by atoms with Crippen LogP contribution in [0, 0.1) is 0 Å². The number of carbonyl (C=O) groups is 1. The third kappa shape index (κ3) is 4.56. The quantitative estimate of drug-likeness (QED) is 0.906. The first-order chi connectivity index (χ1) is 10.1. The molecule has 118 valence electrons. The number of aromatic nitrogens is 2. The summed E-state index contributed by atoms with van der Waals surface area (Å²) in [6.07, 6.45) is 6.84. The predicted molar refractivity (Wildman–Crippen MR) is 81.8 cm³/mol. The summed E-state index contributed by atoms with van der Waals surface area (Å²) < 4.78 is 18.5. The lowest BCUT2D eigenvalue weighted by Gasteiger charge is -2.23. The van der Waals surface area contributed by atoms with Gasteiger partial charge in [0.25, 0.3) is 0 Å². The molecule has 0 bridgehead atoms. The molecule has 2 rings (SSSR count). The van der Waals surface area contributed by atoms with E-state index in [0.717, 1.165) is 12.8 Å². The van der Waals surface area contributed by atoms with Gasteiger partial charge in [0, 0.05) is 29.7 Å². The van der Waals surface area contributed by atoms with Crippen LogP contribution in [0.4, 0.5) is 4.79 Å². The second-order valence-electron chi connectivity index (χ2n) is 5.35. The Morgan fingerprint density at radius 1 is 1.48 bits per heavy atom. The van der Waals surface area contributed by atoms with Gasteiger partial charge >= 0.3 is 6.09 Å². The standard InChI is InChI=1S/C14H23N3O3S/c1-3-15-14(18)20-13-9-11(10-21(2)19)16-17(13)12-7-5-4-6-8-12/h9,12H,3-8,10H2,1-2H3,(H,15,18). The molecule has 1 saturated carbocycles. The highest BCUT2D eigenvalue weighted by Crippen LogP contribution is 2.31. The molecule has 1 N–H and O–H groups in total. The van der Waals surface area contributed by atoms with Gasteiger partial charge in [-0.25, -0.2) is 9.48 Å². The van der Waals surface area contributed by atoms with Crippen LogP contribution in [0.1, 0.15) is 50.8 Å². The average molecular weight is 313 g/mol. The van der Waals surface area contributed by atoms with Gasteiger partial charge in [0.2, 0.25) is 5.88 Å². The number of rotatable bonds is 5. The van der Waals surface area contributed by atoms with E-state index < -0.39 is 16.9 Å². The van der Waals surface area contributed by atoms with Gasteiger partial charge in [-0.15, -0.1) is 0 Å². The van der Waals surface area contributed by atoms with E-state index >= 15 is 0 Å². The van der Waals surface area contributed by atoms with Gasteiger partial charge in [0.1, 0.15) is 0 Å². The van der Waals surface area contributed by atoms with Crippen molar-refractivity contribution in [2.75, 3.05) is 12.8 Å². The molecule has 1 atom stereocenters. The maximum atomic E-state index is 11.6. The van der Waals surface area contributed by atoms with Gasteiger partial charge in [-0.3, -0.25) is 4.21 Å². The summed E-state index contributed by atoms with van der Waals surface area (Å²) in [5, 5.41) is 7.12. The molecule has 1 aromatic rings. The van der Waals surface area contributed by atoms with E-state index in [0.29, 0.717) is 23.9 Å². The summed E-state index contributed by atoms with van der Waals surface area (Å²) in [5.41, 5.74) is 0.709. The fourth-order valence-corrected chi connectivity index (χ4v) is 3.20. The van der Waals surface area contributed by atoms with Crippen LogP contribution in [0.3, 0.4) is 0 Å². The molecule has 6 nitrogen and oxygen atoms in total. The monoisotopic (exact) mass is 313 g/mol. The van der Waals surface area contributed by atoms with Gasteiger partial charge in [-0.1, -0.05) is 19.3 Å². The summed E-state index contributed by atoms with van der Waals surface area (Å²) in [6, 6.07) is 1.99. The third-order valence-corrected chi connectivity index (χ3v) is 4.24. The largest absolute Gasteiger partial charge is 0.413 e. The lowest BCUT2D eigenvalue weighted by molar-refractivity contribution is 0.192. The zero-order chi connectivity index (χ0) is 15.2. The van der Waals surface area contributed by atoms with Crippen molar-refractivity contribution in [2.45, 2.75) is 50.8 Å². The maximum Gasteiger partial charge on any atom is 0.413 e. The maximum absolute atomic E-state index is 11.6. The van der Waals surface area contributed by atoms with Crippen molar-refractivity contribution in [3.63, 3.8) is 0 Å². The van der Waals surface area contributed by atoms with Gasteiger partial charge < -0.3 is 10.1 Å². The van der Waals surface area contributed by atoms with Gasteiger partial charge in [0.15, 0.2) is 0 Å². The number of carbonyl (C=O) groups excluding carboxylic acids is 1. The molecule has 0 radical (unpaired) electrons. The first kappa shape index (κ1) is 16.0. The van der Waals surface area contributed by atoms with Crippen molar-refractivity contribution < 1.29 is 13.7 Å². The molecular weight excluding hydrogens is 290 g/mol. The first-order valence-corrected chi connectivity index (χ1v) is 9.17. The molecule has 1 heterocycles. The van der Waals surface area contributed by atoms with Crippen LogP contribution in [0.5, 0.6) is 5.88 Å². The molecule has 21 heavy (non-hydrogen) atoms. The lowest BCUT2D eigenvalue weighted by Crippen LogP contribution is -2.28. The molecule has 1 aromatic heterocycles. The molecule has 0 spiro atoms. The lowest BCUT2D eigenvalue weighted by atomic mass is 9.96. The molecule has 7 heteroatoms. The normalized spacial score (nSPS) is 17.4. The van der Waals surface area contributed by atoms with Crippen molar-refractivity contribution >= 4 is 16.9 Å². The zero-order valence-corrected chi connectivity index (χ0v) is 13.4.